The number of rotatable bonds is 7. The molecule has 0 spiro atoms. The number of carbonyl (C=O) groups is 1. The maximum Gasteiger partial charge on any atom is 0.272 e. The molecule has 0 unspecified atom stereocenters. The van der Waals surface area contributed by atoms with Crippen molar-refractivity contribution >= 4 is 11.6 Å². The summed E-state index contributed by atoms with van der Waals surface area (Å²) in [5.74, 6) is -0.0406. The first-order valence-corrected chi connectivity index (χ1v) is 6.20. The Balaban J connectivity index is 2.56. The van der Waals surface area contributed by atoms with E-state index < -0.39 is 4.92 Å². The average molecular weight is 265 g/mol. The second-order valence-corrected chi connectivity index (χ2v) is 4.30. The lowest BCUT2D eigenvalue weighted by atomic mass is 10.1. The van der Waals surface area contributed by atoms with Crippen molar-refractivity contribution in [2.24, 2.45) is 0 Å². The highest BCUT2D eigenvalue weighted by Crippen LogP contribution is 2.20. The van der Waals surface area contributed by atoms with Crippen molar-refractivity contribution < 1.29 is 9.72 Å². The normalized spacial score (nSPS) is 10.2. The van der Waals surface area contributed by atoms with E-state index in [1.54, 1.807) is 19.1 Å². The minimum Gasteiger partial charge on any atom is -0.352 e. The van der Waals surface area contributed by atoms with Crippen molar-refractivity contribution in [3.63, 3.8) is 0 Å². The Labute approximate surface area is 112 Å². The summed E-state index contributed by atoms with van der Waals surface area (Å²) in [7, 11) is 1.84. The fraction of sp³-hybridized carbons (Fsp3) is 0.462. The quantitative estimate of drug-likeness (QED) is 0.445. The summed E-state index contributed by atoms with van der Waals surface area (Å²) in [6.45, 7) is 2.82. The van der Waals surface area contributed by atoms with E-state index in [0.717, 1.165) is 18.5 Å². The molecule has 1 rings (SSSR count). The highest BCUT2D eigenvalue weighted by atomic mass is 16.6. The Morgan fingerprint density at radius 1 is 1.42 bits per heavy atom. The van der Waals surface area contributed by atoms with Gasteiger partial charge < -0.3 is 10.6 Å². The van der Waals surface area contributed by atoms with Crippen LogP contribution < -0.4 is 10.6 Å². The Morgan fingerprint density at radius 3 is 2.79 bits per heavy atom. The molecule has 1 aromatic carbocycles. The lowest BCUT2D eigenvalue weighted by Gasteiger charge is -2.08. The van der Waals surface area contributed by atoms with Crippen LogP contribution >= 0.6 is 0 Å². The third-order valence-corrected chi connectivity index (χ3v) is 2.92. The molecular formula is C13H19N3O3. The van der Waals surface area contributed by atoms with Gasteiger partial charge in [0.05, 0.1) is 4.92 Å². The van der Waals surface area contributed by atoms with Crippen molar-refractivity contribution in [3.8, 4) is 0 Å². The van der Waals surface area contributed by atoms with Gasteiger partial charge in [-0.1, -0.05) is 12.1 Å². The predicted molar refractivity (Wildman–Crippen MR) is 72.8 cm³/mol. The number of amides is 1. The maximum atomic E-state index is 11.5. The lowest BCUT2D eigenvalue weighted by molar-refractivity contribution is -0.385. The van der Waals surface area contributed by atoms with E-state index in [9.17, 15) is 14.9 Å². The molecule has 0 aliphatic heterocycles. The smallest absolute Gasteiger partial charge is 0.272 e. The topological polar surface area (TPSA) is 84.3 Å². The number of nitrogens with one attached hydrogen (secondary N) is 2. The SMILES string of the molecule is CNCCCC(=O)NCc1cccc([N+](=O)[O-])c1C. The number of benzene rings is 1. The second-order valence-electron chi connectivity index (χ2n) is 4.30. The van der Waals surface area contributed by atoms with Gasteiger partial charge in [-0.2, -0.15) is 0 Å². The van der Waals surface area contributed by atoms with Crippen LogP contribution in [0.5, 0.6) is 0 Å². The lowest BCUT2D eigenvalue weighted by Crippen LogP contribution is -2.24. The van der Waals surface area contributed by atoms with E-state index in [1.165, 1.54) is 6.07 Å². The number of hydrogen-bond donors (Lipinski definition) is 2. The molecule has 0 aromatic heterocycles. The molecule has 0 atom stereocenters. The number of nitrogens with zero attached hydrogens (tertiary/aromatic N) is 1. The minimum atomic E-state index is -0.409. The van der Waals surface area contributed by atoms with Gasteiger partial charge >= 0.3 is 0 Å². The summed E-state index contributed by atoms with van der Waals surface area (Å²) >= 11 is 0. The molecule has 0 saturated heterocycles. The van der Waals surface area contributed by atoms with Crippen molar-refractivity contribution in [2.45, 2.75) is 26.3 Å². The van der Waals surface area contributed by atoms with Crippen LogP contribution in [0.2, 0.25) is 0 Å². The number of carbonyl (C=O) groups excluding carboxylic acids is 1. The Kier molecular flexibility index (Phi) is 5.95. The molecule has 0 fully saturated rings. The molecule has 19 heavy (non-hydrogen) atoms. The molecule has 2 N–H and O–H groups in total. The summed E-state index contributed by atoms with van der Waals surface area (Å²) < 4.78 is 0. The van der Waals surface area contributed by atoms with Gasteiger partial charge in [0.2, 0.25) is 5.91 Å². The second kappa shape index (κ2) is 7.48. The first kappa shape index (κ1) is 15.1. The molecule has 0 aliphatic rings. The van der Waals surface area contributed by atoms with E-state index in [-0.39, 0.29) is 11.6 Å². The van der Waals surface area contributed by atoms with Crippen molar-refractivity contribution in [2.75, 3.05) is 13.6 Å². The monoisotopic (exact) mass is 265 g/mol. The van der Waals surface area contributed by atoms with Gasteiger partial charge in [-0.25, -0.2) is 0 Å². The zero-order chi connectivity index (χ0) is 14.3. The average Bonchev–Trinajstić information content (AvgIpc) is 2.37. The van der Waals surface area contributed by atoms with Crippen LogP contribution in [0.15, 0.2) is 18.2 Å². The van der Waals surface area contributed by atoms with E-state index in [1.807, 2.05) is 7.05 Å². The van der Waals surface area contributed by atoms with Gasteiger partial charge in [-0.15, -0.1) is 0 Å². The molecule has 1 aromatic rings. The van der Waals surface area contributed by atoms with Crippen molar-refractivity contribution in [3.05, 3.63) is 39.4 Å². The molecule has 0 radical (unpaired) electrons. The standard InChI is InChI=1S/C13H19N3O3/c1-10-11(5-3-6-12(10)16(18)19)9-15-13(17)7-4-8-14-2/h3,5-6,14H,4,7-9H2,1-2H3,(H,15,17). The van der Waals surface area contributed by atoms with E-state index in [4.69, 9.17) is 0 Å². The fourth-order valence-corrected chi connectivity index (χ4v) is 1.77. The summed E-state index contributed by atoms with van der Waals surface area (Å²) in [6, 6.07) is 4.89. The van der Waals surface area contributed by atoms with Gasteiger partial charge in [0, 0.05) is 24.6 Å². The molecule has 0 saturated carbocycles. The van der Waals surface area contributed by atoms with Crippen LogP contribution in [-0.4, -0.2) is 24.4 Å². The van der Waals surface area contributed by atoms with Crippen LogP contribution in [0.3, 0.4) is 0 Å². The third-order valence-electron chi connectivity index (χ3n) is 2.92. The van der Waals surface area contributed by atoms with Crippen LogP contribution in [0.25, 0.3) is 0 Å². The summed E-state index contributed by atoms with van der Waals surface area (Å²) in [5, 5.41) is 16.5. The molecule has 104 valence electrons. The van der Waals surface area contributed by atoms with Gasteiger partial charge in [0.25, 0.3) is 5.69 Å². The molecule has 0 aliphatic carbocycles. The molecular weight excluding hydrogens is 246 g/mol. The zero-order valence-electron chi connectivity index (χ0n) is 11.2. The molecule has 1 amide bonds. The molecule has 6 heteroatoms. The Morgan fingerprint density at radius 2 is 2.16 bits per heavy atom. The third kappa shape index (κ3) is 4.67. The first-order chi connectivity index (χ1) is 9.06. The van der Waals surface area contributed by atoms with Crippen LogP contribution in [0.1, 0.15) is 24.0 Å². The predicted octanol–water partition coefficient (Wildman–Crippen LogP) is 1.52. The molecule has 6 nitrogen and oxygen atoms in total. The molecule has 0 bridgehead atoms. The highest BCUT2D eigenvalue weighted by Gasteiger charge is 2.13. The Bertz CT molecular complexity index is 460. The van der Waals surface area contributed by atoms with Gasteiger partial charge in [-0.05, 0) is 32.5 Å². The Hall–Kier alpha value is -1.95. The summed E-state index contributed by atoms with van der Waals surface area (Å²) in [6.07, 6.45) is 1.23. The van der Waals surface area contributed by atoms with Gasteiger partial charge in [0.1, 0.15) is 0 Å². The van der Waals surface area contributed by atoms with E-state index in [2.05, 4.69) is 10.6 Å². The number of nitro groups is 1. The maximum absolute atomic E-state index is 11.5. The first-order valence-electron chi connectivity index (χ1n) is 6.20. The van der Waals surface area contributed by atoms with E-state index in [0.29, 0.717) is 18.5 Å². The minimum absolute atomic E-state index is 0.0406. The number of hydrogen-bond acceptors (Lipinski definition) is 4. The van der Waals surface area contributed by atoms with Crippen molar-refractivity contribution in [1.29, 1.82) is 0 Å². The highest BCUT2D eigenvalue weighted by molar-refractivity contribution is 5.75. The van der Waals surface area contributed by atoms with Gasteiger partial charge in [0.15, 0.2) is 0 Å². The van der Waals surface area contributed by atoms with Crippen LogP contribution in [-0.2, 0) is 11.3 Å². The number of nitro benzene ring substituents is 1. The van der Waals surface area contributed by atoms with Crippen LogP contribution in [0, 0.1) is 17.0 Å². The summed E-state index contributed by atoms with van der Waals surface area (Å²) in [5.41, 5.74) is 1.46. The van der Waals surface area contributed by atoms with E-state index >= 15 is 0 Å². The fourth-order valence-electron chi connectivity index (χ4n) is 1.77. The van der Waals surface area contributed by atoms with Crippen LogP contribution in [0.4, 0.5) is 5.69 Å². The molecule has 0 heterocycles. The largest absolute Gasteiger partial charge is 0.352 e. The summed E-state index contributed by atoms with van der Waals surface area (Å²) in [4.78, 5) is 21.9. The van der Waals surface area contributed by atoms with Gasteiger partial charge in [-0.3, -0.25) is 14.9 Å². The zero-order valence-corrected chi connectivity index (χ0v) is 11.2. The van der Waals surface area contributed by atoms with Crippen molar-refractivity contribution in [1.82, 2.24) is 10.6 Å².